The number of hydrogen-bond donors (Lipinski definition) is 2. The number of nitrogens with zero attached hydrogens (tertiary/aromatic N) is 1. The third-order valence-corrected chi connectivity index (χ3v) is 4.22. The van der Waals surface area contributed by atoms with Gasteiger partial charge in [-0.15, -0.1) is 0 Å². The fourth-order valence-corrected chi connectivity index (χ4v) is 2.80. The third kappa shape index (κ3) is 5.64. The van der Waals surface area contributed by atoms with E-state index in [1.165, 1.54) is 25.3 Å². The molecule has 1 amide bonds. The molecular formula is C18H18BrN3O5S. The molecule has 2 aromatic carbocycles. The first kappa shape index (κ1) is 21.6. The molecule has 0 saturated heterocycles. The van der Waals surface area contributed by atoms with Gasteiger partial charge in [0, 0.05) is 10.5 Å². The van der Waals surface area contributed by atoms with Crippen LogP contribution in [-0.2, 0) is 0 Å². The van der Waals surface area contributed by atoms with E-state index < -0.39 is 10.8 Å². The number of nitro groups is 1. The lowest BCUT2D eigenvalue weighted by Gasteiger charge is -2.14. The Balaban J connectivity index is 2.14. The molecule has 2 rings (SSSR count). The van der Waals surface area contributed by atoms with Gasteiger partial charge in [0.15, 0.2) is 5.11 Å². The van der Waals surface area contributed by atoms with Gasteiger partial charge in [-0.25, -0.2) is 0 Å². The number of benzene rings is 2. The fourth-order valence-electron chi connectivity index (χ4n) is 2.24. The Morgan fingerprint density at radius 3 is 2.64 bits per heavy atom. The van der Waals surface area contributed by atoms with E-state index in [0.29, 0.717) is 23.6 Å². The largest absolute Gasteiger partial charge is 0.494 e. The van der Waals surface area contributed by atoms with Crippen molar-refractivity contribution in [3.63, 3.8) is 0 Å². The minimum atomic E-state index is -0.530. The molecule has 2 aromatic rings. The van der Waals surface area contributed by atoms with Crippen molar-refractivity contribution in [2.24, 2.45) is 0 Å². The number of amides is 1. The van der Waals surface area contributed by atoms with Gasteiger partial charge >= 0.3 is 0 Å². The maximum Gasteiger partial charge on any atom is 0.273 e. The number of methoxy groups -OCH3 is 1. The summed E-state index contributed by atoms with van der Waals surface area (Å²) in [7, 11) is 1.38. The van der Waals surface area contributed by atoms with Crippen LogP contribution >= 0.6 is 28.1 Å². The standard InChI is InChI=1S/C18H18BrN3O5S/c1-3-8-27-15-7-4-11(19)9-13(15)17(23)21-18(28)20-14-6-5-12(22(24)25)10-16(14)26-2/h4-7,9-10H,3,8H2,1-2H3,(H2,20,21,23,28). The Bertz CT molecular complexity index is 907. The molecule has 0 atom stereocenters. The molecule has 8 nitrogen and oxygen atoms in total. The van der Waals surface area contributed by atoms with Gasteiger partial charge in [-0.3, -0.25) is 20.2 Å². The van der Waals surface area contributed by atoms with E-state index in [1.54, 1.807) is 18.2 Å². The van der Waals surface area contributed by atoms with Crippen LogP contribution in [0.2, 0.25) is 0 Å². The van der Waals surface area contributed by atoms with E-state index in [-0.39, 0.29) is 16.5 Å². The Labute approximate surface area is 175 Å². The molecule has 2 N–H and O–H groups in total. The number of thiocarbonyl (C=S) groups is 1. The second-order valence-corrected chi connectivity index (χ2v) is 6.86. The zero-order chi connectivity index (χ0) is 20.7. The van der Waals surface area contributed by atoms with Crippen molar-refractivity contribution < 1.29 is 19.2 Å². The van der Waals surface area contributed by atoms with Crippen LogP contribution in [-0.4, -0.2) is 29.7 Å². The molecule has 0 aliphatic carbocycles. The predicted molar refractivity (Wildman–Crippen MR) is 113 cm³/mol. The molecule has 0 fully saturated rings. The maximum atomic E-state index is 12.6. The minimum absolute atomic E-state index is 0.0126. The second kappa shape index (κ2) is 10.00. The third-order valence-electron chi connectivity index (χ3n) is 3.52. The molecule has 0 radical (unpaired) electrons. The normalized spacial score (nSPS) is 10.1. The van der Waals surface area contributed by atoms with E-state index >= 15 is 0 Å². The highest BCUT2D eigenvalue weighted by molar-refractivity contribution is 9.10. The molecule has 0 aromatic heterocycles. The smallest absolute Gasteiger partial charge is 0.273 e. The van der Waals surface area contributed by atoms with Crippen molar-refractivity contribution in [1.82, 2.24) is 5.32 Å². The second-order valence-electron chi connectivity index (χ2n) is 5.54. The van der Waals surface area contributed by atoms with Crippen LogP contribution in [0.15, 0.2) is 40.9 Å². The van der Waals surface area contributed by atoms with Crippen molar-refractivity contribution >= 4 is 50.5 Å². The summed E-state index contributed by atoms with van der Waals surface area (Å²) in [5.41, 5.74) is 0.585. The summed E-state index contributed by atoms with van der Waals surface area (Å²) in [5.74, 6) is 0.212. The summed E-state index contributed by atoms with van der Waals surface area (Å²) in [6, 6.07) is 9.13. The van der Waals surface area contributed by atoms with Gasteiger partial charge in [0.25, 0.3) is 11.6 Å². The van der Waals surface area contributed by atoms with Crippen LogP contribution in [0.1, 0.15) is 23.7 Å². The van der Waals surface area contributed by atoms with Crippen LogP contribution in [0.3, 0.4) is 0 Å². The van der Waals surface area contributed by atoms with Crippen molar-refractivity contribution in [3.8, 4) is 11.5 Å². The Morgan fingerprint density at radius 2 is 2.00 bits per heavy atom. The monoisotopic (exact) mass is 467 g/mol. The molecule has 0 heterocycles. The topological polar surface area (TPSA) is 103 Å². The quantitative estimate of drug-likeness (QED) is 0.355. The highest BCUT2D eigenvalue weighted by Gasteiger charge is 2.17. The number of ether oxygens (including phenoxy) is 2. The summed E-state index contributed by atoms with van der Waals surface area (Å²) < 4.78 is 11.5. The van der Waals surface area contributed by atoms with Crippen molar-refractivity contribution in [3.05, 3.63) is 56.5 Å². The van der Waals surface area contributed by atoms with Crippen molar-refractivity contribution in [2.45, 2.75) is 13.3 Å². The van der Waals surface area contributed by atoms with Gasteiger partial charge in [0.2, 0.25) is 0 Å². The first-order valence-electron chi connectivity index (χ1n) is 8.22. The van der Waals surface area contributed by atoms with Crippen molar-refractivity contribution in [2.75, 3.05) is 19.0 Å². The number of anilines is 1. The Hall–Kier alpha value is -2.72. The SMILES string of the molecule is CCCOc1ccc(Br)cc1C(=O)NC(=S)Nc1ccc([N+](=O)[O-])cc1OC. The first-order chi connectivity index (χ1) is 13.3. The summed E-state index contributed by atoms with van der Waals surface area (Å²) in [6.45, 7) is 2.44. The molecule has 0 bridgehead atoms. The Kier molecular flexibility index (Phi) is 7.70. The van der Waals surface area contributed by atoms with Gasteiger partial charge in [-0.05, 0) is 42.9 Å². The molecule has 0 spiro atoms. The van der Waals surface area contributed by atoms with E-state index in [4.69, 9.17) is 21.7 Å². The van der Waals surface area contributed by atoms with Crippen LogP contribution in [0.4, 0.5) is 11.4 Å². The van der Waals surface area contributed by atoms with Gasteiger partial charge < -0.3 is 14.8 Å². The number of carbonyl (C=O) groups excluding carboxylic acids is 1. The summed E-state index contributed by atoms with van der Waals surface area (Å²) in [5, 5.41) is 16.3. The predicted octanol–water partition coefficient (Wildman–Crippen LogP) is 4.28. The van der Waals surface area contributed by atoms with Crippen molar-refractivity contribution in [1.29, 1.82) is 0 Å². The van der Waals surface area contributed by atoms with Crippen LogP contribution in [0, 0.1) is 10.1 Å². The van der Waals surface area contributed by atoms with Crippen LogP contribution < -0.4 is 20.1 Å². The molecule has 148 valence electrons. The van der Waals surface area contributed by atoms with Gasteiger partial charge in [0.05, 0.1) is 36.0 Å². The fraction of sp³-hybridized carbons (Fsp3) is 0.222. The molecule has 10 heteroatoms. The first-order valence-corrected chi connectivity index (χ1v) is 9.43. The van der Waals surface area contributed by atoms with Gasteiger partial charge in [-0.2, -0.15) is 0 Å². The lowest BCUT2D eigenvalue weighted by atomic mass is 10.2. The summed E-state index contributed by atoms with van der Waals surface area (Å²) in [6.07, 6.45) is 0.803. The number of rotatable bonds is 7. The number of nitrogens with one attached hydrogen (secondary N) is 2. The summed E-state index contributed by atoms with van der Waals surface area (Å²) in [4.78, 5) is 23.0. The Morgan fingerprint density at radius 1 is 1.25 bits per heavy atom. The number of non-ortho nitro benzene ring substituents is 1. The average Bonchev–Trinajstić information content (AvgIpc) is 2.66. The van der Waals surface area contributed by atoms with Crippen LogP contribution in [0.25, 0.3) is 0 Å². The molecule has 0 aliphatic rings. The summed E-state index contributed by atoms with van der Waals surface area (Å²) >= 11 is 8.52. The number of nitro benzene ring substituents is 1. The average molecular weight is 468 g/mol. The molecule has 0 unspecified atom stereocenters. The molecule has 0 aliphatic heterocycles. The van der Waals surface area contributed by atoms with Gasteiger partial charge in [-0.1, -0.05) is 22.9 Å². The zero-order valence-corrected chi connectivity index (χ0v) is 17.6. The molecular weight excluding hydrogens is 450 g/mol. The van der Waals surface area contributed by atoms with Gasteiger partial charge in [0.1, 0.15) is 11.5 Å². The maximum absolute atomic E-state index is 12.6. The highest BCUT2D eigenvalue weighted by atomic mass is 79.9. The zero-order valence-electron chi connectivity index (χ0n) is 15.2. The highest BCUT2D eigenvalue weighted by Crippen LogP contribution is 2.29. The van der Waals surface area contributed by atoms with E-state index in [9.17, 15) is 14.9 Å². The van der Waals surface area contributed by atoms with E-state index in [0.717, 1.165) is 10.9 Å². The van der Waals surface area contributed by atoms with Crippen LogP contribution in [0.5, 0.6) is 11.5 Å². The number of hydrogen-bond acceptors (Lipinski definition) is 6. The lowest BCUT2D eigenvalue weighted by Crippen LogP contribution is -2.34. The van der Waals surface area contributed by atoms with E-state index in [2.05, 4.69) is 26.6 Å². The lowest BCUT2D eigenvalue weighted by molar-refractivity contribution is -0.384. The number of halogens is 1. The van der Waals surface area contributed by atoms with E-state index in [1.807, 2.05) is 6.92 Å². The molecule has 28 heavy (non-hydrogen) atoms. The molecule has 0 saturated carbocycles. The number of carbonyl (C=O) groups is 1. The minimum Gasteiger partial charge on any atom is -0.494 e.